The quantitative estimate of drug-likeness (QED) is 0.0582. The number of aromatic nitrogens is 4. The van der Waals surface area contributed by atoms with E-state index in [1.807, 2.05) is 67.6 Å². The Bertz CT molecular complexity index is 3570. The molecule has 2 saturated carbocycles. The number of nitrogens with zero attached hydrogens (tertiary/aromatic N) is 5. The fourth-order valence-electron chi connectivity index (χ4n) is 13.6. The smallest absolute Gasteiger partial charge is 1.00 e. The topological polar surface area (TPSA) is 138 Å². The number of benzene rings is 6. The molecule has 4 aliphatic heterocycles. The maximum atomic E-state index is 13.2. The second-order valence-electron chi connectivity index (χ2n) is 23.9. The van der Waals surface area contributed by atoms with Crippen LogP contribution in [0.25, 0.3) is 65.7 Å². The van der Waals surface area contributed by atoms with E-state index in [1.54, 1.807) is 6.92 Å². The predicted molar refractivity (Wildman–Crippen MR) is 319 cm³/mol. The van der Waals surface area contributed by atoms with Crippen molar-refractivity contribution in [2.45, 2.75) is 124 Å². The minimum atomic E-state index is -0.229. The van der Waals surface area contributed by atoms with Gasteiger partial charge in [-0.05, 0) is 120 Å². The average molecular weight is 1110 g/mol. The van der Waals surface area contributed by atoms with Crippen LogP contribution in [0.2, 0.25) is 0 Å². The first-order valence-electron chi connectivity index (χ1n) is 28.8. The molecule has 2 saturated heterocycles. The van der Waals surface area contributed by atoms with Crippen molar-refractivity contribution in [1.29, 1.82) is 0 Å². The molecule has 6 aliphatic rings. The van der Waals surface area contributed by atoms with Crippen LogP contribution in [0.4, 0.5) is 0 Å². The zero-order chi connectivity index (χ0) is 54.5. The van der Waals surface area contributed by atoms with E-state index in [-0.39, 0.29) is 58.4 Å². The van der Waals surface area contributed by atoms with Crippen molar-refractivity contribution >= 4 is 100 Å². The number of ketones is 1. The third kappa shape index (κ3) is 11.5. The average Bonchev–Trinajstić information content (AvgIpc) is 3.47. The predicted octanol–water partition coefficient (Wildman–Crippen LogP) is 10.4. The number of carbonyl (C=O) groups excluding carboxylic acids is 2. The van der Waals surface area contributed by atoms with Crippen LogP contribution < -0.4 is 27.2 Å². The number of halogens is 1. The molecular weight excluding hydrogens is 1030 g/mol. The van der Waals surface area contributed by atoms with E-state index in [0.717, 1.165) is 116 Å². The van der Waals surface area contributed by atoms with Crippen molar-refractivity contribution in [3.63, 3.8) is 0 Å². The van der Waals surface area contributed by atoms with Gasteiger partial charge in [0.05, 0.1) is 70.6 Å². The molecule has 12 nitrogen and oxygen atoms in total. The Kier molecular flexibility index (Phi) is 18.3. The Labute approximate surface area is 493 Å². The Hall–Kier alpha value is -5.28. The van der Waals surface area contributed by atoms with Crippen molar-refractivity contribution in [3.8, 4) is 11.5 Å². The summed E-state index contributed by atoms with van der Waals surface area (Å²) < 4.78 is 24.1. The minimum absolute atomic E-state index is 0. The van der Waals surface area contributed by atoms with Gasteiger partial charge < -0.3 is 48.0 Å². The minimum Gasteiger partial charge on any atom is -1.00 e. The van der Waals surface area contributed by atoms with Gasteiger partial charge in [0.2, 0.25) is 0 Å². The maximum absolute atomic E-state index is 13.2. The molecule has 14 rings (SSSR count). The molecule has 6 aromatic carbocycles. The molecule has 4 fully saturated rings. The van der Waals surface area contributed by atoms with Gasteiger partial charge in [-0.25, -0.2) is 19.9 Å². The Morgan fingerprint density at radius 2 is 0.988 bits per heavy atom. The fraction of sp³-hybridized carbons (Fsp3) is 0.470. The van der Waals surface area contributed by atoms with Gasteiger partial charge in [0.1, 0.15) is 22.7 Å². The van der Waals surface area contributed by atoms with Gasteiger partial charge in [0, 0.05) is 81.8 Å². The van der Waals surface area contributed by atoms with Gasteiger partial charge in [0.15, 0.2) is 5.78 Å². The second kappa shape index (κ2) is 24.7. The van der Waals surface area contributed by atoms with Gasteiger partial charge >= 0.3 is 23.1 Å². The van der Waals surface area contributed by atoms with Crippen molar-refractivity contribution in [2.75, 3.05) is 52.6 Å². The van der Waals surface area contributed by atoms with Crippen molar-refractivity contribution < 1.29 is 40.9 Å². The summed E-state index contributed by atoms with van der Waals surface area (Å²) in [6, 6.07) is 28.2. The summed E-state index contributed by atoms with van der Waals surface area (Å²) in [6.45, 7) is 25.6. The third-order valence-corrected chi connectivity index (χ3v) is 17.5. The third-order valence-electron chi connectivity index (χ3n) is 17.5. The molecule has 0 unspecified atom stereocenters. The zero-order valence-corrected chi connectivity index (χ0v) is 50.5. The largest absolute Gasteiger partial charge is 2.00 e. The molecule has 6 atom stereocenters. The number of ether oxygens (including phenoxy) is 4. The van der Waals surface area contributed by atoms with E-state index >= 15 is 0 Å². The van der Waals surface area contributed by atoms with Crippen LogP contribution in [0.5, 0.6) is 11.5 Å². The number of Topliss-reactive ketones (excluding diaryl/α,β-unsaturated/α-hetero) is 1. The Morgan fingerprint density at radius 1 is 0.575 bits per heavy atom. The number of carbonyl (C=O) groups is 2. The molecule has 416 valence electrons. The van der Waals surface area contributed by atoms with E-state index < -0.39 is 0 Å². The van der Waals surface area contributed by atoms with Crippen LogP contribution >= 0.6 is 0 Å². The molecule has 2 aliphatic carbocycles. The molecular formula is C66H77ClMgN6O6. The van der Waals surface area contributed by atoms with Gasteiger partial charge in [0.25, 0.3) is 5.91 Å². The summed E-state index contributed by atoms with van der Waals surface area (Å²) in [5, 5.41) is 7.48. The van der Waals surface area contributed by atoms with E-state index in [4.69, 9.17) is 38.9 Å². The first-order chi connectivity index (χ1) is 37.6. The summed E-state index contributed by atoms with van der Waals surface area (Å²) >= 11 is 0. The summed E-state index contributed by atoms with van der Waals surface area (Å²) in [6.07, 6.45) is 9.13. The summed E-state index contributed by atoms with van der Waals surface area (Å²) in [4.78, 5) is 47.6. The van der Waals surface area contributed by atoms with Crippen LogP contribution in [-0.2, 0) is 9.47 Å². The number of rotatable bonds is 2. The molecule has 6 heterocycles. The standard InChI is InChI=1S/C31H33N3O3.C28H28N2O2.C4H9NO.C3H7.ClH.Mg/c1-18-8-10-23-22(16-18)26-28-27(20-6-4-5-7-21(20)29(26)37-31(23,2)3)33-25-17-19(9-11-24(25)32-28)30(35)34-12-14-36-15-13-34;1-15-9-11-21-20(13-15)24-26-25(30-23-14-17(16(2)31)10-12-22(23)29-26)18-7-5-6-8-19(18)27(24)32-28(21,3)4;1-3-6-4-2-5-1;1-3-2;;/h4-7,9,11,17-18,22-23H,8,10,12-16H2,1-3H3;5-8,10,12,14-15,20-21H,9,11,13H2,1-4H3;5H,1-4H2;3H,1-2H3;1H;/q;;;-1;;+2/p-1/t18-,22-,23-;15-,20-,21-;;;;/m00..../s1. The van der Waals surface area contributed by atoms with Crippen LogP contribution in [-0.4, -0.2) is 123 Å². The number of morpholine rings is 2. The molecule has 14 heteroatoms. The van der Waals surface area contributed by atoms with E-state index in [1.165, 1.54) is 36.8 Å². The van der Waals surface area contributed by atoms with Crippen LogP contribution in [0.15, 0.2) is 84.9 Å². The molecule has 0 radical (unpaired) electrons. The molecule has 80 heavy (non-hydrogen) atoms. The van der Waals surface area contributed by atoms with Crippen LogP contribution in [0.1, 0.15) is 145 Å². The van der Waals surface area contributed by atoms with E-state index in [2.05, 4.69) is 89.3 Å². The Balaban J connectivity index is 0.000000165. The zero-order valence-electron chi connectivity index (χ0n) is 48.3. The number of fused-ring (bicyclic) bond motifs is 18. The molecule has 1 N–H and O–H groups in total. The number of amides is 1. The second-order valence-corrected chi connectivity index (χ2v) is 23.9. The molecule has 0 bridgehead atoms. The normalized spacial score (nSPS) is 23.3. The van der Waals surface area contributed by atoms with Gasteiger partial charge in [-0.3, -0.25) is 9.59 Å². The molecule has 0 spiro atoms. The van der Waals surface area contributed by atoms with Crippen molar-refractivity contribution in [1.82, 2.24) is 30.2 Å². The first-order valence-corrected chi connectivity index (χ1v) is 28.8. The number of hydrogen-bond acceptors (Lipinski definition) is 11. The van der Waals surface area contributed by atoms with Crippen molar-refractivity contribution in [2.24, 2.45) is 23.7 Å². The van der Waals surface area contributed by atoms with Crippen LogP contribution in [0, 0.1) is 30.1 Å². The first kappa shape index (κ1) is 59.3. The SMILES string of the molecule is C1COCCN1.CC(=O)c1ccc2nc3c4c(c5ccccc5c3nc2c1)OC(C)(C)[C@H]1CC[C@H](C)C[C@H]41.C[C@H]1CC[C@H]2[C@H](C1)c1c(c3ccccc3c3nc4cc(C(=O)N5CCOCC5)ccc4nc13)OC2(C)C.C[CH-]C.[Cl-].[Mg+2]. The fourth-order valence-corrected chi connectivity index (χ4v) is 13.6. The number of nitrogens with one attached hydrogen (secondary N) is 1. The summed E-state index contributed by atoms with van der Waals surface area (Å²) in [5.41, 5.74) is 10.2. The van der Waals surface area contributed by atoms with Gasteiger partial charge in [-0.2, -0.15) is 13.8 Å². The maximum Gasteiger partial charge on any atom is 2.00 e. The molecule has 2 aromatic heterocycles. The van der Waals surface area contributed by atoms with Gasteiger partial charge in [-0.15, -0.1) is 0 Å². The molecule has 8 aromatic rings. The Morgan fingerprint density at radius 3 is 1.41 bits per heavy atom. The van der Waals surface area contributed by atoms with Crippen molar-refractivity contribution in [3.05, 3.63) is 114 Å². The van der Waals surface area contributed by atoms with Gasteiger partial charge in [-0.1, -0.05) is 75.2 Å². The van der Waals surface area contributed by atoms with Crippen LogP contribution in [0.3, 0.4) is 0 Å². The van der Waals surface area contributed by atoms with E-state index in [9.17, 15) is 9.59 Å². The summed E-state index contributed by atoms with van der Waals surface area (Å²) in [5.74, 6) is 5.11. The number of hydrogen-bond donors (Lipinski definition) is 1. The monoisotopic (exact) mass is 1110 g/mol. The van der Waals surface area contributed by atoms with E-state index in [0.29, 0.717) is 72.9 Å². The molecule has 1 amide bonds. The summed E-state index contributed by atoms with van der Waals surface area (Å²) in [7, 11) is 0.